The molecule has 1 aliphatic rings. The topological polar surface area (TPSA) is 24.5 Å². The predicted octanol–water partition coefficient (Wildman–Crippen LogP) is 3.54. The molecule has 0 amide bonds. The van der Waals surface area contributed by atoms with E-state index in [1.807, 2.05) is 7.11 Å². The van der Waals surface area contributed by atoms with E-state index in [9.17, 15) is 0 Å². The fourth-order valence-corrected chi connectivity index (χ4v) is 3.01. The molecule has 1 rings (SSSR count). The van der Waals surface area contributed by atoms with Gasteiger partial charge in [0.05, 0.1) is 5.60 Å². The summed E-state index contributed by atoms with van der Waals surface area (Å²) in [5.74, 6) is 0.740. The minimum Gasteiger partial charge on any atom is -0.379 e. The van der Waals surface area contributed by atoms with Gasteiger partial charge in [0.25, 0.3) is 0 Å². The van der Waals surface area contributed by atoms with Gasteiger partial charge in [-0.05, 0) is 31.6 Å². The highest BCUT2D eigenvalue weighted by atomic mass is 16.5. The molecule has 0 aromatic rings. The quantitative estimate of drug-likeness (QED) is 0.812. The summed E-state index contributed by atoms with van der Waals surface area (Å²) in [7, 11) is 1.82. The molecule has 0 bridgehead atoms. The maximum absolute atomic E-state index is 5.60. The van der Waals surface area contributed by atoms with Crippen molar-refractivity contribution in [3.05, 3.63) is 0 Å². The molecule has 3 nitrogen and oxygen atoms in total. The van der Waals surface area contributed by atoms with E-state index in [0.29, 0.717) is 17.5 Å². The van der Waals surface area contributed by atoms with Gasteiger partial charge in [0.2, 0.25) is 0 Å². The van der Waals surface area contributed by atoms with Gasteiger partial charge in [-0.1, -0.05) is 41.0 Å². The van der Waals surface area contributed by atoms with E-state index in [-0.39, 0.29) is 5.60 Å². The maximum Gasteiger partial charge on any atom is 0.0634 e. The van der Waals surface area contributed by atoms with Crippen molar-refractivity contribution in [2.45, 2.75) is 79.0 Å². The lowest BCUT2D eigenvalue weighted by Crippen LogP contribution is -2.62. The molecule has 0 aliphatic carbocycles. The van der Waals surface area contributed by atoms with Crippen molar-refractivity contribution in [1.29, 1.82) is 0 Å². The minimum absolute atomic E-state index is 0.0257. The van der Waals surface area contributed by atoms with E-state index in [4.69, 9.17) is 4.74 Å². The van der Waals surface area contributed by atoms with E-state index >= 15 is 0 Å². The molecule has 0 radical (unpaired) electrons. The Labute approximate surface area is 132 Å². The van der Waals surface area contributed by atoms with Gasteiger partial charge in [-0.2, -0.15) is 0 Å². The minimum atomic E-state index is -0.0257. The van der Waals surface area contributed by atoms with Crippen molar-refractivity contribution in [3.8, 4) is 0 Å². The van der Waals surface area contributed by atoms with Crippen molar-refractivity contribution in [2.75, 3.05) is 26.7 Å². The zero-order chi connectivity index (χ0) is 16.3. The maximum atomic E-state index is 5.60. The normalized spacial score (nSPS) is 26.9. The molecule has 3 heteroatoms. The van der Waals surface area contributed by atoms with E-state index < -0.39 is 0 Å². The van der Waals surface area contributed by atoms with Gasteiger partial charge in [0.15, 0.2) is 0 Å². The van der Waals surface area contributed by atoms with Crippen LogP contribution < -0.4 is 5.32 Å². The number of methoxy groups -OCH3 is 1. The van der Waals surface area contributed by atoms with Gasteiger partial charge < -0.3 is 10.1 Å². The molecule has 1 saturated heterocycles. The zero-order valence-electron chi connectivity index (χ0n) is 15.6. The van der Waals surface area contributed by atoms with E-state index in [1.54, 1.807) is 0 Å². The van der Waals surface area contributed by atoms with Crippen molar-refractivity contribution in [3.63, 3.8) is 0 Å². The summed E-state index contributed by atoms with van der Waals surface area (Å²) in [4.78, 5) is 2.71. The lowest BCUT2D eigenvalue weighted by atomic mass is 9.83. The fraction of sp³-hybridized carbons (Fsp3) is 1.00. The molecule has 1 fully saturated rings. The van der Waals surface area contributed by atoms with Crippen molar-refractivity contribution >= 4 is 0 Å². The number of hydrogen-bond donors (Lipinski definition) is 1. The van der Waals surface area contributed by atoms with E-state index in [1.165, 1.54) is 6.42 Å². The summed E-state index contributed by atoms with van der Waals surface area (Å²) < 4.78 is 5.60. The van der Waals surface area contributed by atoms with Crippen LogP contribution in [0.4, 0.5) is 0 Å². The van der Waals surface area contributed by atoms with Crippen LogP contribution in [-0.4, -0.2) is 49.3 Å². The van der Waals surface area contributed by atoms with Crippen molar-refractivity contribution < 1.29 is 4.74 Å². The molecule has 1 heterocycles. The highest BCUT2D eigenvalue weighted by Crippen LogP contribution is 2.27. The molecule has 0 aromatic heterocycles. The lowest BCUT2D eigenvalue weighted by Gasteiger charge is -2.47. The number of nitrogens with zero attached hydrogens (tertiary/aromatic N) is 1. The summed E-state index contributed by atoms with van der Waals surface area (Å²) in [5, 5.41) is 3.79. The molecular weight excluding hydrogens is 260 g/mol. The molecule has 0 saturated carbocycles. The second-order valence-corrected chi connectivity index (χ2v) is 8.49. The standard InChI is InChI=1S/C18H38N2O/c1-9-14(2)15-12-19-16(17(3,4)5)13-20(15)11-10-18(6,7)21-8/h14-16,19H,9-13H2,1-8H3. The van der Waals surface area contributed by atoms with Crippen LogP contribution in [0.3, 0.4) is 0 Å². The van der Waals surface area contributed by atoms with E-state index in [0.717, 1.165) is 32.0 Å². The Hall–Kier alpha value is -0.120. The Morgan fingerprint density at radius 2 is 1.86 bits per heavy atom. The smallest absolute Gasteiger partial charge is 0.0634 e. The third-order valence-corrected chi connectivity index (χ3v) is 5.36. The molecule has 3 unspecified atom stereocenters. The Balaban J connectivity index is 2.74. The summed E-state index contributed by atoms with van der Waals surface area (Å²) in [6.45, 7) is 19.5. The number of ether oxygens (including phenoxy) is 1. The van der Waals surface area contributed by atoms with Crippen LogP contribution in [0.5, 0.6) is 0 Å². The van der Waals surface area contributed by atoms with Gasteiger partial charge in [-0.15, -0.1) is 0 Å². The molecule has 1 aliphatic heterocycles. The Kier molecular flexibility index (Phi) is 6.70. The van der Waals surface area contributed by atoms with Gasteiger partial charge >= 0.3 is 0 Å². The van der Waals surface area contributed by atoms with Crippen LogP contribution in [0, 0.1) is 11.3 Å². The first-order chi connectivity index (χ1) is 9.60. The molecule has 3 atom stereocenters. The summed E-state index contributed by atoms with van der Waals surface area (Å²) in [6.07, 6.45) is 2.34. The second-order valence-electron chi connectivity index (χ2n) is 8.49. The number of nitrogens with one attached hydrogen (secondary N) is 1. The predicted molar refractivity (Wildman–Crippen MR) is 91.8 cm³/mol. The Bertz CT molecular complexity index is 309. The average molecular weight is 299 g/mol. The summed E-state index contributed by atoms with van der Waals surface area (Å²) >= 11 is 0. The van der Waals surface area contributed by atoms with Gasteiger partial charge in [0, 0.05) is 38.8 Å². The zero-order valence-corrected chi connectivity index (χ0v) is 15.6. The lowest BCUT2D eigenvalue weighted by molar-refractivity contribution is -0.00944. The monoisotopic (exact) mass is 298 g/mol. The summed E-state index contributed by atoms with van der Waals surface area (Å²) in [6, 6.07) is 1.23. The fourth-order valence-electron chi connectivity index (χ4n) is 3.01. The van der Waals surface area contributed by atoms with Crippen LogP contribution >= 0.6 is 0 Å². The number of hydrogen-bond acceptors (Lipinski definition) is 3. The number of piperazine rings is 1. The van der Waals surface area contributed by atoms with Crippen LogP contribution in [0.1, 0.15) is 61.3 Å². The van der Waals surface area contributed by atoms with Crippen LogP contribution in [-0.2, 0) is 4.74 Å². The first-order valence-corrected chi connectivity index (χ1v) is 8.63. The highest BCUT2D eigenvalue weighted by Gasteiger charge is 2.36. The van der Waals surface area contributed by atoms with Crippen LogP contribution in [0.2, 0.25) is 0 Å². The second kappa shape index (κ2) is 7.43. The van der Waals surface area contributed by atoms with Crippen molar-refractivity contribution in [1.82, 2.24) is 10.2 Å². The van der Waals surface area contributed by atoms with Gasteiger partial charge in [-0.25, -0.2) is 0 Å². The molecule has 0 aromatic carbocycles. The first kappa shape index (κ1) is 18.9. The molecular formula is C18H38N2O. The highest BCUT2D eigenvalue weighted by molar-refractivity contribution is 4.93. The van der Waals surface area contributed by atoms with Gasteiger partial charge in [0.1, 0.15) is 0 Å². The first-order valence-electron chi connectivity index (χ1n) is 8.63. The molecule has 1 N–H and O–H groups in total. The Morgan fingerprint density at radius 3 is 2.33 bits per heavy atom. The molecule has 126 valence electrons. The average Bonchev–Trinajstić information content (AvgIpc) is 2.43. The van der Waals surface area contributed by atoms with Crippen LogP contribution in [0.15, 0.2) is 0 Å². The third-order valence-electron chi connectivity index (χ3n) is 5.36. The van der Waals surface area contributed by atoms with Crippen LogP contribution in [0.25, 0.3) is 0 Å². The van der Waals surface area contributed by atoms with Gasteiger partial charge in [-0.3, -0.25) is 4.90 Å². The molecule has 0 spiro atoms. The Morgan fingerprint density at radius 1 is 1.24 bits per heavy atom. The SMILES string of the molecule is CCC(C)C1CNC(C(C)(C)C)CN1CCC(C)(C)OC. The van der Waals surface area contributed by atoms with E-state index in [2.05, 4.69) is 58.7 Å². The molecule has 21 heavy (non-hydrogen) atoms. The third kappa shape index (κ3) is 5.54. The number of rotatable bonds is 6. The van der Waals surface area contributed by atoms with Crippen molar-refractivity contribution in [2.24, 2.45) is 11.3 Å². The summed E-state index contributed by atoms with van der Waals surface area (Å²) in [5.41, 5.74) is 0.289. The largest absolute Gasteiger partial charge is 0.379 e.